The number of likely N-dealkylation sites (tertiary alicyclic amines) is 1. The van der Waals surface area contributed by atoms with Gasteiger partial charge in [0, 0.05) is 13.1 Å². The van der Waals surface area contributed by atoms with Crippen LogP contribution < -0.4 is 5.73 Å². The molecule has 0 spiro atoms. The molecule has 1 amide bonds. The van der Waals surface area contributed by atoms with Crippen LogP contribution in [0.15, 0.2) is 22.7 Å². The summed E-state index contributed by atoms with van der Waals surface area (Å²) in [7, 11) is 0. The molecule has 1 aromatic carbocycles. The lowest BCUT2D eigenvalue weighted by Crippen LogP contribution is -2.30. The molecule has 1 aromatic heterocycles. The van der Waals surface area contributed by atoms with Crippen molar-refractivity contribution in [3.63, 3.8) is 0 Å². The second-order valence-electron chi connectivity index (χ2n) is 5.70. The summed E-state index contributed by atoms with van der Waals surface area (Å²) in [6.45, 7) is 3.38. The van der Waals surface area contributed by atoms with Gasteiger partial charge in [0.1, 0.15) is 22.8 Å². The van der Waals surface area contributed by atoms with Gasteiger partial charge in [-0.2, -0.15) is 0 Å². The van der Waals surface area contributed by atoms with E-state index in [0.717, 1.165) is 6.42 Å². The summed E-state index contributed by atoms with van der Waals surface area (Å²) in [5.41, 5.74) is 6.16. The standard InChI is InChI=1S/C16H17ClFN3O2/c1-9-13(16(22)21-6-5-10(7-19)8-21)15(20-23-9)14-11(17)3-2-4-12(14)18/h2-4,10H,5-8,19H2,1H3. The van der Waals surface area contributed by atoms with Crippen molar-refractivity contribution in [2.45, 2.75) is 13.3 Å². The zero-order valence-electron chi connectivity index (χ0n) is 12.7. The quantitative estimate of drug-likeness (QED) is 0.934. The number of aromatic nitrogens is 1. The SMILES string of the molecule is Cc1onc(-c2c(F)cccc2Cl)c1C(=O)N1CCC(CN)C1. The third-order valence-electron chi connectivity index (χ3n) is 4.18. The number of nitrogens with two attached hydrogens (primary N) is 1. The number of hydrogen-bond acceptors (Lipinski definition) is 4. The zero-order valence-corrected chi connectivity index (χ0v) is 13.4. The maximum absolute atomic E-state index is 14.2. The van der Waals surface area contributed by atoms with Crippen LogP contribution in [0, 0.1) is 18.7 Å². The molecule has 1 unspecified atom stereocenters. The number of rotatable bonds is 3. The molecule has 122 valence electrons. The molecule has 2 aromatic rings. The number of benzene rings is 1. The summed E-state index contributed by atoms with van der Waals surface area (Å²) in [4.78, 5) is 14.5. The largest absolute Gasteiger partial charge is 0.360 e. The first-order valence-electron chi connectivity index (χ1n) is 7.43. The molecular weight excluding hydrogens is 321 g/mol. The van der Waals surface area contributed by atoms with Crippen molar-refractivity contribution in [2.24, 2.45) is 11.7 Å². The number of hydrogen-bond donors (Lipinski definition) is 1. The van der Waals surface area contributed by atoms with Gasteiger partial charge in [-0.05, 0) is 37.9 Å². The van der Waals surface area contributed by atoms with E-state index in [1.54, 1.807) is 17.9 Å². The van der Waals surface area contributed by atoms with E-state index in [1.165, 1.54) is 12.1 Å². The predicted octanol–water partition coefficient (Wildman–Crippen LogP) is 2.86. The molecule has 5 nitrogen and oxygen atoms in total. The van der Waals surface area contributed by atoms with Crippen LogP contribution in [-0.4, -0.2) is 35.6 Å². The Morgan fingerprint density at radius 2 is 2.35 bits per heavy atom. The fraction of sp³-hybridized carbons (Fsp3) is 0.375. The minimum Gasteiger partial charge on any atom is -0.360 e. The zero-order chi connectivity index (χ0) is 16.6. The molecule has 1 aliphatic rings. The smallest absolute Gasteiger partial charge is 0.259 e. The molecular formula is C16H17ClFN3O2. The molecule has 1 aliphatic heterocycles. The van der Waals surface area contributed by atoms with Gasteiger partial charge in [-0.1, -0.05) is 22.8 Å². The number of carbonyl (C=O) groups excluding carboxylic acids is 1. The van der Waals surface area contributed by atoms with Crippen molar-refractivity contribution in [1.29, 1.82) is 0 Å². The second kappa shape index (κ2) is 6.29. The Morgan fingerprint density at radius 1 is 1.57 bits per heavy atom. The highest BCUT2D eigenvalue weighted by Crippen LogP contribution is 2.34. The van der Waals surface area contributed by atoms with Gasteiger partial charge in [0.15, 0.2) is 0 Å². The minimum absolute atomic E-state index is 0.0870. The van der Waals surface area contributed by atoms with E-state index < -0.39 is 5.82 Å². The van der Waals surface area contributed by atoms with E-state index in [2.05, 4.69) is 5.16 Å². The number of nitrogens with zero attached hydrogens (tertiary/aromatic N) is 2. The fourth-order valence-electron chi connectivity index (χ4n) is 2.89. The summed E-state index contributed by atoms with van der Waals surface area (Å²) < 4.78 is 19.3. The highest BCUT2D eigenvalue weighted by Gasteiger charge is 2.32. The van der Waals surface area contributed by atoms with E-state index in [1.807, 2.05) is 0 Å². The first kappa shape index (κ1) is 16.0. The molecule has 1 saturated heterocycles. The Balaban J connectivity index is 2.01. The van der Waals surface area contributed by atoms with Crippen molar-refractivity contribution in [3.05, 3.63) is 40.4 Å². The van der Waals surface area contributed by atoms with Gasteiger partial charge in [0.2, 0.25) is 0 Å². The molecule has 0 aliphatic carbocycles. The highest BCUT2D eigenvalue weighted by atomic mass is 35.5. The van der Waals surface area contributed by atoms with Crippen molar-refractivity contribution in [1.82, 2.24) is 10.1 Å². The van der Waals surface area contributed by atoms with Gasteiger partial charge >= 0.3 is 0 Å². The average Bonchev–Trinajstić information content (AvgIpc) is 3.14. The topological polar surface area (TPSA) is 72.4 Å². The van der Waals surface area contributed by atoms with Gasteiger partial charge in [-0.3, -0.25) is 4.79 Å². The third kappa shape index (κ3) is 2.84. The second-order valence-corrected chi connectivity index (χ2v) is 6.11. The molecule has 23 heavy (non-hydrogen) atoms. The Morgan fingerprint density at radius 3 is 3.00 bits per heavy atom. The van der Waals surface area contributed by atoms with Crippen LogP contribution in [0.1, 0.15) is 22.5 Å². The van der Waals surface area contributed by atoms with Gasteiger partial charge in [0.25, 0.3) is 5.91 Å². The Hall–Kier alpha value is -1.92. The number of halogens is 2. The van der Waals surface area contributed by atoms with Crippen LogP contribution in [0.25, 0.3) is 11.3 Å². The van der Waals surface area contributed by atoms with Crippen LogP contribution in [0.4, 0.5) is 4.39 Å². The van der Waals surface area contributed by atoms with Gasteiger partial charge < -0.3 is 15.2 Å². The molecule has 1 atom stereocenters. The highest BCUT2D eigenvalue weighted by molar-refractivity contribution is 6.33. The first-order chi connectivity index (χ1) is 11.0. The van der Waals surface area contributed by atoms with Crippen molar-refractivity contribution >= 4 is 17.5 Å². The Bertz CT molecular complexity index is 727. The molecule has 7 heteroatoms. The minimum atomic E-state index is -0.541. The monoisotopic (exact) mass is 337 g/mol. The third-order valence-corrected chi connectivity index (χ3v) is 4.50. The predicted molar refractivity (Wildman–Crippen MR) is 84.7 cm³/mol. The fourth-order valence-corrected chi connectivity index (χ4v) is 3.14. The number of carbonyl (C=O) groups is 1. The van der Waals surface area contributed by atoms with Gasteiger partial charge in [-0.15, -0.1) is 0 Å². The summed E-state index contributed by atoms with van der Waals surface area (Å²) in [6, 6.07) is 4.33. The van der Waals surface area contributed by atoms with E-state index in [9.17, 15) is 9.18 Å². The normalized spacial score (nSPS) is 17.7. The first-order valence-corrected chi connectivity index (χ1v) is 7.80. The van der Waals surface area contributed by atoms with Crippen LogP contribution in [-0.2, 0) is 0 Å². The van der Waals surface area contributed by atoms with Crippen molar-refractivity contribution in [3.8, 4) is 11.3 Å². The van der Waals surface area contributed by atoms with Crippen molar-refractivity contribution < 1.29 is 13.7 Å². The van der Waals surface area contributed by atoms with Crippen LogP contribution in [0.3, 0.4) is 0 Å². The number of amides is 1. The lowest BCUT2D eigenvalue weighted by atomic mass is 10.0. The van der Waals surface area contributed by atoms with Crippen LogP contribution in [0.5, 0.6) is 0 Å². The van der Waals surface area contributed by atoms with Gasteiger partial charge in [0.05, 0.1) is 10.6 Å². The molecule has 0 bridgehead atoms. The summed E-state index contributed by atoms with van der Waals surface area (Å²) in [5, 5.41) is 4.06. The lowest BCUT2D eigenvalue weighted by Gasteiger charge is -2.16. The van der Waals surface area contributed by atoms with E-state index in [-0.39, 0.29) is 27.8 Å². The summed E-state index contributed by atoms with van der Waals surface area (Å²) in [6.07, 6.45) is 0.863. The maximum atomic E-state index is 14.2. The molecule has 3 rings (SSSR count). The molecule has 2 N–H and O–H groups in total. The van der Waals surface area contributed by atoms with Gasteiger partial charge in [-0.25, -0.2) is 4.39 Å². The van der Waals surface area contributed by atoms with Crippen LogP contribution >= 0.6 is 11.6 Å². The average molecular weight is 338 g/mol. The van der Waals surface area contributed by atoms with Crippen LogP contribution in [0.2, 0.25) is 5.02 Å². The maximum Gasteiger partial charge on any atom is 0.259 e. The Labute approximate surface area is 138 Å². The van der Waals surface area contributed by atoms with Crippen molar-refractivity contribution in [2.75, 3.05) is 19.6 Å². The molecule has 0 saturated carbocycles. The number of aryl methyl sites for hydroxylation is 1. The molecule has 0 radical (unpaired) electrons. The molecule has 1 fully saturated rings. The summed E-state index contributed by atoms with van der Waals surface area (Å²) >= 11 is 6.09. The molecule has 2 heterocycles. The van der Waals surface area contributed by atoms with E-state index >= 15 is 0 Å². The summed E-state index contributed by atoms with van der Waals surface area (Å²) in [5.74, 6) is -0.129. The van der Waals surface area contributed by atoms with E-state index in [4.69, 9.17) is 21.9 Å². The van der Waals surface area contributed by atoms with E-state index in [0.29, 0.717) is 31.3 Å². The Kier molecular flexibility index (Phi) is 4.37. The lowest BCUT2D eigenvalue weighted by molar-refractivity contribution is 0.0786.